The number of fused-ring (bicyclic) bond motifs is 1. The van der Waals surface area contributed by atoms with Gasteiger partial charge in [-0.3, -0.25) is 9.36 Å². The van der Waals surface area contributed by atoms with Crippen LogP contribution in [0.3, 0.4) is 0 Å². The second-order valence-corrected chi connectivity index (χ2v) is 9.33. The Kier molecular flexibility index (Phi) is 5.64. The molecule has 1 atom stereocenters. The van der Waals surface area contributed by atoms with Gasteiger partial charge in [0.25, 0.3) is 5.56 Å². The van der Waals surface area contributed by atoms with Gasteiger partial charge in [-0.25, -0.2) is 19.3 Å². The van der Waals surface area contributed by atoms with Crippen LogP contribution in [0.25, 0.3) is 22.2 Å². The number of morpholine rings is 1. The summed E-state index contributed by atoms with van der Waals surface area (Å²) < 4.78 is 22.3. The molecular formula is C23H21ClFN5O2S. The average Bonchev–Trinajstić information content (AvgIpc) is 3.23. The third kappa shape index (κ3) is 4.01. The van der Waals surface area contributed by atoms with Gasteiger partial charge in [0.15, 0.2) is 0 Å². The molecule has 1 fully saturated rings. The summed E-state index contributed by atoms with van der Waals surface area (Å²) in [7, 11) is 1.64. The molecule has 0 aliphatic carbocycles. The van der Waals surface area contributed by atoms with Crippen LogP contribution in [0.2, 0.25) is 5.02 Å². The summed E-state index contributed by atoms with van der Waals surface area (Å²) in [5, 5.41) is 3.45. The Hall–Kier alpha value is -2.88. The number of thiazole rings is 1. The highest BCUT2D eigenvalue weighted by Crippen LogP contribution is 2.33. The molecule has 1 aromatic carbocycles. The Morgan fingerprint density at radius 3 is 2.76 bits per heavy atom. The molecule has 0 N–H and O–H groups in total. The molecule has 0 bridgehead atoms. The van der Waals surface area contributed by atoms with Gasteiger partial charge in [0.05, 0.1) is 29.7 Å². The minimum atomic E-state index is -0.547. The van der Waals surface area contributed by atoms with E-state index in [2.05, 4.69) is 14.9 Å². The lowest BCUT2D eigenvalue weighted by Crippen LogP contribution is -2.39. The van der Waals surface area contributed by atoms with Crippen LogP contribution in [-0.4, -0.2) is 39.2 Å². The molecule has 0 saturated carbocycles. The minimum Gasteiger partial charge on any atom is -0.367 e. The fourth-order valence-corrected chi connectivity index (χ4v) is 4.94. The molecule has 1 aliphatic rings. The van der Waals surface area contributed by atoms with Gasteiger partial charge in [-0.15, -0.1) is 11.3 Å². The van der Waals surface area contributed by atoms with Crippen molar-refractivity contribution in [3.8, 4) is 11.3 Å². The number of ether oxygens (including phenoxy) is 1. The summed E-state index contributed by atoms with van der Waals surface area (Å²) in [4.78, 5) is 29.1. The van der Waals surface area contributed by atoms with Gasteiger partial charge in [0.1, 0.15) is 28.6 Å². The number of halogens is 2. The Morgan fingerprint density at radius 1 is 1.21 bits per heavy atom. The van der Waals surface area contributed by atoms with E-state index in [0.29, 0.717) is 36.9 Å². The van der Waals surface area contributed by atoms with Gasteiger partial charge in [-0.2, -0.15) is 0 Å². The number of aryl methyl sites for hydroxylation is 2. The smallest absolute Gasteiger partial charge is 0.263 e. The largest absolute Gasteiger partial charge is 0.367 e. The van der Waals surface area contributed by atoms with Crippen LogP contribution >= 0.6 is 22.9 Å². The van der Waals surface area contributed by atoms with E-state index in [4.69, 9.17) is 21.3 Å². The normalized spacial score (nSPS) is 16.5. The lowest BCUT2D eigenvalue weighted by atomic mass is 10.1. The fraction of sp³-hybridized carbons (Fsp3) is 0.304. The van der Waals surface area contributed by atoms with Gasteiger partial charge in [-0.1, -0.05) is 11.6 Å². The third-order valence-corrected chi connectivity index (χ3v) is 7.05. The monoisotopic (exact) mass is 485 g/mol. The second kappa shape index (κ2) is 8.48. The first kappa shape index (κ1) is 21.9. The predicted octanol–water partition coefficient (Wildman–Crippen LogP) is 4.44. The number of aromatic nitrogens is 4. The Bertz CT molecular complexity index is 1440. The van der Waals surface area contributed by atoms with Crippen LogP contribution < -0.4 is 10.5 Å². The average molecular weight is 486 g/mol. The molecule has 10 heteroatoms. The highest BCUT2D eigenvalue weighted by molar-refractivity contribution is 7.09. The van der Waals surface area contributed by atoms with E-state index < -0.39 is 5.82 Å². The van der Waals surface area contributed by atoms with Crippen LogP contribution in [-0.2, 0) is 11.8 Å². The third-order valence-electron chi connectivity index (χ3n) is 5.76. The molecule has 3 aromatic heterocycles. The van der Waals surface area contributed by atoms with Crippen LogP contribution in [0, 0.1) is 19.7 Å². The first-order valence-electron chi connectivity index (χ1n) is 10.4. The van der Waals surface area contributed by atoms with E-state index in [1.807, 2.05) is 12.3 Å². The summed E-state index contributed by atoms with van der Waals surface area (Å²) in [5.41, 5.74) is 1.60. The van der Waals surface area contributed by atoms with Crippen LogP contribution in [0.1, 0.15) is 22.6 Å². The molecule has 1 unspecified atom stereocenters. The molecule has 4 heterocycles. The summed E-state index contributed by atoms with van der Waals surface area (Å²) in [6, 6.07) is 6.14. The van der Waals surface area contributed by atoms with E-state index in [0.717, 1.165) is 10.7 Å². The molecule has 1 saturated heterocycles. The van der Waals surface area contributed by atoms with Crippen molar-refractivity contribution in [1.82, 2.24) is 19.5 Å². The topological polar surface area (TPSA) is 73.1 Å². The maximum absolute atomic E-state index is 14.9. The molecule has 4 aromatic rings. The minimum absolute atomic E-state index is 0.191. The molecule has 170 valence electrons. The summed E-state index contributed by atoms with van der Waals surface area (Å²) in [6.45, 7) is 5.35. The van der Waals surface area contributed by atoms with Crippen molar-refractivity contribution in [1.29, 1.82) is 0 Å². The molecule has 33 heavy (non-hydrogen) atoms. The van der Waals surface area contributed by atoms with Gasteiger partial charge in [0, 0.05) is 41.3 Å². The van der Waals surface area contributed by atoms with Crippen molar-refractivity contribution in [2.24, 2.45) is 7.05 Å². The number of nitrogens with zero attached hydrogens (tertiary/aromatic N) is 5. The number of hydrogen-bond acceptors (Lipinski definition) is 7. The van der Waals surface area contributed by atoms with Crippen molar-refractivity contribution < 1.29 is 9.13 Å². The highest BCUT2D eigenvalue weighted by Gasteiger charge is 2.27. The fourth-order valence-electron chi connectivity index (χ4n) is 3.95. The highest BCUT2D eigenvalue weighted by atomic mass is 35.5. The molecule has 7 nitrogen and oxygen atoms in total. The quantitative estimate of drug-likeness (QED) is 0.427. The molecule has 5 rings (SSSR count). The zero-order valence-electron chi connectivity index (χ0n) is 18.3. The number of hydrogen-bond donors (Lipinski definition) is 0. The molecule has 0 spiro atoms. The molecule has 0 radical (unpaired) electrons. The Labute approximate surface area is 198 Å². The summed E-state index contributed by atoms with van der Waals surface area (Å²) in [5.74, 6) is 0.619. The van der Waals surface area contributed by atoms with E-state index in [1.165, 1.54) is 10.6 Å². The van der Waals surface area contributed by atoms with E-state index in [9.17, 15) is 9.18 Å². The van der Waals surface area contributed by atoms with Gasteiger partial charge in [0.2, 0.25) is 0 Å². The number of pyridine rings is 1. The maximum Gasteiger partial charge on any atom is 0.263 e. The summed E-state index contributed by atoms with van der Waals surface area (Å²) >= 11 is 7.53. The van der Waals surface area contributed by atoms with Crippen LogP contribution in [0.4, 0.5) is 10.2 Å². The zero-order valence-corrected chi connectivity index (χ0v) is 19.9. The lowest BCUT2D eigenvalue weighted by molar-refractivity contribution is 0.0393. The van der Waals surface area contributed by atoms with Crippen LogP contribution in [0.5, 0.6) is 0 Å². The van der Waals surface area contributed by atoms with Crippen molar-refractivity contribution >= 4 is 39.7 Å². The molecular weight excluding hydrogens is 465 g/mol. The Balaban J connectivity index is 1.67. The van der Waals surface area contributed by atoms with Crippen molar-refractivity contribution in [3.05, 3.63) is 67.4 Å². The standard InChI is InChI=1S/C23H21ClFN5O2S/c1-12-11-33-22(26-12)18-10-30(6-7-32-18)19-9-17-20(23(31)29(3)13(2)27-17)21(28-19)15-5-4-14(24)8-16(15)25/h4-5,8-9,11,18H,6-7,10H2,1-3H3. The van der Waals surface area contributed by atoms with Crippen molar-refractivity contribution in [2.75, 3.05) is 24.6 Å². The first-order chi connectivity index (χ1) is 15.8. The number of benzene rings is 1. The van der Waals surface area contributed by atoms with Gasteiger partial charge < -0.3 is 9.64 Å². The zero-order chi connectivity index (χ0) is 23.3. The predicted molar refractivity (Wildman–Crippen MR) is 128 cm³/mol. The SMILES string of the molecule is Cc1csc(C2CN(c3cc4nc(C)n(C)c(=O)c4c(-c4ccc(Cl)cc4F)n3)CCO2)n1. The van der Waals surface area contributed by atoms with E-state index in [1.54, 1.807) is 43.5 Å². The molecule has 1 aliphatic heterocycles. The Morgan fingerprint density at radius 2 is 2.03 bits per heavy atom. The maximum atomic E-state index is 14.9. The van der Waals surface area contributed by atoms with Crippen molar-refractivity contribution in [2.45, 2.75) is 20.0 Å². The number of anilines is 1. The van der Waals surface area contributed by atoms with Crippen LogP contribution in [0.15, 0.2) is 34.4 Å². The van der Waals surface area contributed by atoms with E-state index >= 15 is 0 Å². The molecule has 0 amide bonds. The lowest BCUT2D eigenvalue weighted by Gasteiger charge is -2.33. The summed E-state index contributed by atoms with van der Waals surface area (Å²) in [6.07, 6.45) is -0.191. The van der Waals surface area contributed by atoms with E-state index in [-0.39, 0.29) is 33.3 Å². The van der Waals surface area contributed by atoms with Gasteiger partial charge in [-0.05, 0) is 32.0 Å². The van der Waals surface area contributed by atoms with Crippen molar-refractivity contribution in [3.63, 3.8) is 0 Å². The van der Waals surface area contributed by atoms with Gasteiger partial charge >= 0.3 is 0 Å². The first-order valence-corrected chi connectivity index (χ1v) is 11.7. The number of rotatable bonds is 3. The second-order valence-electron chi connectivity index (χ2n) is 8.00.